The number of alkyl halides is 3. The van der Waals surface area contributed by atoms with Crippen molar-refractivity contribution >= 4 is 38.6 Å². The first kappa shape index (κ1) is 28.6. The molecule has 1 atom stereocenters. The minimum Gasteiger partial charge on any atom is -0.465 e. The predicted octanol–water partition coefficient (Wildman–Crippen LogP) is 4.51. The van der Waals surface area contributed by atoms with Crippen molar-refractivity contribution < 1.29 is 41.0 Å². The van der Waals surface area contributed by atoms with Crippen molar-refractivity contribution in [2.45, 2.75) is 17.3 Å². The summed E-state index contributed by atoms with van der Waals surface area (Å²) in [4.78, 5) is 35.6. The topological polar surface area (TPSA) is 142 Å². The van der Waals surface area contributed by atoms with Crippen LogP contribution in [0.2, 0.25) is 0 Å². The third-order valence-electron chi connectivity index (χ3n) is 6.53. The highest BCUT2D eigenvalue weighted by Crippen LogP contribution is 2.35. The number of carboxylic acid groups (broad SMARTS) is 1. The Morgan fingerprint density at radius 1 is 0.976 bits per heavy atom. The normalized spacial score (nSPS) is 15.8. The number of rotatable bonds is 6. The number of benzene rings is 2. The van der Waals surface area contributed by atoms with Crippen molar-refractivity contribution in [2.24, 2.45) is 0 Å². The highest BCUT2D eigenvalue weighted by atomic mass is 32.2. The van der Waals surface area contributed by atoms with Gasteiger partial charge in [0.2, 0.25) is 0 Å². The van der Waals surface area contributed by atoms with E-state index in [1.54, 1.807) is 36.4 Å². The van der Waals surface area contributed by atoms with Crippen LogP contribution in [0.1, 0.15) is 22.1 Å². The Morgan fingerprint density at radius 3 is 2.45 bits per heavy atom. The fraction of sp³-hybridized carbons (Fsp3) is 0.185. The van der Waals surface area contributed by atoms with Gasteiger partial charge in [0.25, 0.3) is 15.9 Å². The molecule has 1 unspecified atom stereocenters. The van der Waals surface area contributed by atoms with Crippen molar-refractivity contribution in [3.8, 4) is 5.75 Å². The van der Waals surface area contributed by atoms with Crippen LogP contribution in [0, 0.1) is 0 Å². The van der Waals surface area contributed by atoms with Crippen LogP contribution in [-0.4, -0.2) is 71.3 Å². The van der Waals surface area contributed by atoms with E-state index in [1.165, 1.54) is 29.4 Å². The Labute approximate surface area is 237 Å². The quantitative estimate of drug-likeness (QED) is 0.329. The zero-order chi connectivity index (χ0) is 30.1. The maximum atomic E-state index is 13.4. The summed E-state index contributed by atoms with van der Waals surface area (Å²) in [6.07, 6.45) is -3.56. The first-order valence-corrected chi connectivity index (χ1v) is 13.9. The highest BCUT2D eigenvalue weighted by Gasteiger charge is 2.36. The average molecular weight is 602 g/mol. The number of nitrogens with one attached hydrogen (secondary N) is 1. The van der Waals surface area contributed by atoms with Crippen LogP contribution in [0.15, 0.2) is 84.0 Å². The van der Waals surface area contributed by atoms with Crippen LogP contribution < -0.4 is 9.46 Å². The van der Waals surface area contributed by atoms with Gasteiger partial charge in [0.05, 0.1) is 22.9 Å². The van der Waals surface area contributed by atoms with Crippen molar-refractivity contribution in [3.05, 3.63) is 90.4 Å². The molecule has 42 heavy (non-hydrogen) atoms. The van der Waals surface area contributed by atoms with E-state index in [1.807, 2.05) is 0 Å². The molecule has 1 aliphatic heterocycles. The van der Waals surface area contributed by atoms with Gasteiger partial charge < -0.3 is 14.7 Å². The van der Waals surface area contributed by atoms with Gasteiger partial charge >= 0.3 is 12.5 Å². The molecular formula is C27H22F3N5O6S. The van der Waals surface area contributed by atoms with E-state index in [2.05, 4.69) is 19.4 Å². The summed E-state index contributed by atoms with van der Waals surface area (Å²) in [5.41, 5.74) is -0.279. The summed E-state index contributed by atoms with van der Waals surface area (Å²) < 4.78 is 72.8. The first-order valence-electron chi connectivity index (χ1n) is 12.4. The number of hydrogen-bond donors (Lipinski definition) is 2. The van der Waals surface area contributed by atoms with Gasteiger partial charge in [-0.15, -0.1) is 13.2 Å². The number of ether oxygens (including phenoxy) is 1. The first-order chi connectivity index (χ1) is 19.9. The van der Waals surface area contributed by atoms with Gasteiger partial charge in [-0.25, -0.2) is 13.2 Å². The summed E-state index contributed by atoms with van der Waals surface area (Å²) in [7, 11) is -4.45. The summed E-state index contributed by atoms with van der Waals surface area (Å²) in [5.74, 6) is -1.66. The molecule has 0 radical (unpaired) electrons. The molecule has 0 aliphatic carbocycles. The number of amides is 2. The molecule has 11 nitrogen and oxygen atoms in total. The molecule has 4 aromatic rings. The van der Waals surface area contributed by atoms with Gasteiger partial charge in [-0.05, 0) is 42.5 Å². The van der Waals surface area contributed by atoms with Crippen LogP contribution in [0.5, 0.6) is 5.75 Å². The molecular weight excluding hydrogens is 579 g/mol. The SMILES string of the molecule is O=C(c1ccc(NS(=O)(=O)c2cccc3cccnc23)c(OC(F)(F)F)c1)N1CCN(C(=O)O)C(c2ccccn2)C1. The Kier molecular flexibility index (Phi) is 7.60. The summed E-state index contributed by atoms with van der Waals surface area (Å²) in [6.45, 7) is -0.211. The molecule has 2 N–H and O–H groups in total. The minimum atomic E-state index is -5.21. The number of carbonyl (C=O) groups is 2. The largest absolute Gasteiger partial charge is 0.573 e. The molecule has 1 fully saturated rings. The van der Waals surface area contributed by atoms with E-state index in [-0.39, 0.29) is 35.6 Å². The van der Waals surface area contributed by atoms with Gasteiger partial charge in [0, 0.05) is 43.0 Å². The number of carbonyl (C=O) groups excluding carboxylic acids is 1. The minimum absolute atomic E-state index is 0.0353. The Morgan fingerprint density at radius 2 is 1.74 bits per heavy atom. The monoisotopic (exact) mass is 601 g/mol. The third kappa shape index (κ3) is 6.05. The molecule has 218 valence electrons. The number of anilines is 1. The van der Waals surface area contributed by atoms with Crippen LogP contribution in [0.25, 0.3) is 10.9 Å². The second kappa shape index (κ2) is 11.2. The standard InChI is InChI=1S/C27H22F3N5O6S/c28-27(29,30)41-22-15-18(25(36)34-13-14-35(26(37)38)21(16-34)19-7-1-2-11-31-19)9-10-20(22)33-42(39,40)23-8-3-5-17-6-4-12-32-24(17)23/h1-12,15,21,33H,13-14,16H2,(H,37,38). The van der Waals surface area contributed by atoms with Crippen molar-refractivity contribution in [3.63, 3.8) is 0 Å². The van der Waals surface area contributed by atoms with E-state index < -0.39 is 45.9 Å². The van der Waals surface area contributed by atoms with Crippen LogP contribution in [0.4, 0.5) is 23.7 Å². The van der Waals surface area contributed by atoms with Gasteiger partial charge in [-0.3, -0.25) is 24.4 Å². The summed E-state index contributed by atoms with van der Waals surface area (Å²) in [6, 6.07) is 14.6. The van der Waals surface area contributed by atoms with E-state index in [9.17, 15) is 36.3 Å². The van der Waals surface area contributed by atoms with Crippen molar-refractivity contribution in [2.75, 3.05) is 24.4 Å². The molecule has 5 rings (SSSR count). The molecule has 2 aromatic heterocycles. The van der Waals surface area contributed by atoms with Crippen LogP contribution in [0.3, 0.4) is 0 Å². The summed E-state index contributed by atoms with van der Waals surface area (Å²) in [5, 5.41) is 10.1. The number of aromatic nitrogens is 2. The Balaban J connectivity index is 1.46. The number of pyridine rings is 2. The number of halogens is 3. The fourth-order valence-electron chi connectivity index (χ4n) is 4.65. The van der Waals surface area contributed by atoms with Crippen LogP contribution in [-0.2, 0) is 10.0 Å². The molecule has 0 spiro atoms. The van der Waals surface area contributed by atoms with Gasteiger partial charge in [0.15, 0.2) is 5.75 Å². The molecule has 1 aliphatic rings. The number of nitrogens with zero attached hydrogens (tertiary/aromatic N) is 4. The second-order valence-electron chi connectivity index (χ2n) is 9.19. The predicted molar refractivity (Wildman–Crippen MR) is 143 cm³/mol. The van der Waals surface area contributed by atoms with E-state index in [0.29, 0.717) is 11.1 Å². The van der Waals surface area contributed by atoms with E-state index in [0.717, 1.165) is 23.1 Å². The van der Waals surface area contributed by atoms with Gasteiger partial charge in [-0.2, -0.15) is 0 Å². The maximum Gasteiger partial charge on any atom is 0.573 e. The zero-order valence-corrected chi connectivity index (χ0v) is 22.3. The lowest BCUT2D eigenvalue weighted by Gasteiger charge is -2.39. The lowest BCUT2D eigenvalue weighted by Crippen LogP contribution is -2.52. The number of piperazine rings is 1. The lowest BCUT2D eigenvalue weighted by atomic mass is 10.1. The number of sulfonamides is 1. The maximum absolute atomic E-state index is 13.4. The molecule has 0 saturated carbocycles. The Bertz CT molecular complexity index is 1750. The third-order valence-corrected chi connectivity index (χ3v) is 7.92. The zero-order valence-electron chi connectivity index (χ0n) is 21.5. The fourth-order valence-corrected chi connectivity index (χ4v) is 5.90. The molecule has 1 saturated heterocycles. The lowest BCUT2D eigenvalue weighted by molar-refractivity contribution is -0.274. The molecule has 2 aromatic carbocycles. The molecule has 0 bridgehead atoms. The summed E-state index contributed by atoms with van der Waals surface area (Å²) >= 11 is 0. The average Bonchev–Trinajstić information content (AvgIpc) is 2.96. The molecule has 2 amide bonds. The molecule has 15 heteroatoms. The van der Waals surface area contributed by atoms with E-state index >= 15 is 0 Å². The number of para-hydroxylation sites is 1. The number of hydrogen-bond acceptors (Lipinski definition) is 7. The smallest absolute Gasteiger partial charge is 0.465 e. The number of fused-ring (bicyclic) bond motifs is 1. The van der Waals surface area contributed by atoms with E-state index in [4.69, 9.17) is 0 Å². The molecule has 3 heterocycles. The Hall–Kier alpha value is -4.92. The van der Waals surface area contributed by atoms with Crippen molar-refractivity contribution in [1.29, 1.82) is 0 Å². The van der Waals surface area contributed by atoms with Gasteiger partial charge in [-0.1, -0.05) is 24.3 Å². The second-order valence-corrected chi connectivity index (χ2v) is 10.8. The highest BCUT2D eigenvalue weighted by molar-refractivity contribution is 7.93. The van der Waals surface area contributed by atoms with Crippen molar-refractivity contribution in [1.82, 2.24) is 19.8 Å². The van der Waals surface area contributed by atoms with Crippen LogP contribution >= 0.6 is 0 Å². The van der Waals surface area contributed by atoms with Gasteiger partial charge in [0.1, 0.15) is 4.90 Å².